The molecule has 0 heterocycles. The van der Waals surface area contributed by atoms with E-state index in [1.165, 1.54) is 64.7 Å². The number of unbranched alkanes of at least 4 members (excludes halogenated alkanes) is 9. The molecule has 0 aliphatic heterocycles. The standard InChI is InChI=1S/C16H31ClO2/c1-3-4-5-6-7-8-9-10-11-12-13-16(17)14-19-15(2)18/h16H,3-14H2,1-2H3. The van der Waals surface area contributed by atoms with E-state index in [1.54, 1.807) is 0 Å². The van der Waals surface area contributed by atoms with Crippen LogP contribution in [0.3, 0.4) is 0 Å². The summed E-state index contributed by atoms with van der Waals surface area (Å²) in [5, 5.41) is -0.0158. The van der Waals surface area contributed by atoms with Crippen molar-refractivity contribution in [3.05, 3.63) is 0 Å². The summed E-state index contributed by atoms with van der Waals surface area (Å²) in [5.74, 6) is -0.242. The summed E-state index contributed by atoms with van der Waals surface area (Å²) in [5.41, 5.74) is 0. The fourth-order valence-electron chi connectivity index (χ4n) is 2.14. The van der Waals surface area contributed by atoms with Crippen molar-refractivity contribution < 1.29 is 9.53 Å². The molecule has 0 aromatic carbocycles. The first-order valence-corrected chi connectivity index (χ1v) is 8.38. The van der Waals surface area contributed by atoms with Crippen molar-refractivity contribution in [1.29, 1.82) is 0 Å². The number of carbonyl (C=O) groups is 1. The van der Waals surface area contributed by atoms with Crippen molar-refractivity contribution in [3.63, 3.8) is 0 Å². The van der Waals surface area contributed by atoms with E-state index in [9.17, 15) is 4.79 Å². The Kier molecular flexibility index (Phi) is 14.0. The summed E-state index contributed by atoms with van der Waals surface area (Å²) in [4.78, 5) is 10.6. The summed E-state index contributed by atoms with van der Waals surface area (Å²) in [6.07, 6.45) is 14.3. The molecule has 0 amide bonds. The number of carbonyl (C=O) groups excluding carboxylic acids is 1. The lowest BCUT2D eigenvalue weighted by molar-refractivity contribution is -0.140. The van der Waals surface area contributed by atoms with E-state index in [-0.39, 0.29) is 11.3 Å². The van der Waals surface area contributed by atoms with E-state index in [2.05, 4.69) is 6.92 Å². The molecule has 0 bridgehead atoms. The predicted molar refractivity (Wildman–Crippen MR) is 82.7 cm³/mol. The van der Waals surface area contributed by atoms with E-state index >= 15 is 0 Å². The van der Waals surface area contributed by atoms with Crippen LogP contribution in [0.1, 0.15) is 84.5 Å². The zero-order valence-electron chi connectivity index (χ0n) is 12.8. The van der Waals surface area contributed by atoms with Gasteiger partial charge in [0.2, 0.25) is 0 Å². The molecule has 2 nitrogen and oxygen atoms in total. The van der Waals surface area contributed by atoms with E-state index in [1.807, 2.05) is 0 Å². The SMILES string of the molecule is CCCCCCCCCCCCC(Cl)COC(C)=O. The Morgan fingerprint density at radius 2 is 1.42 bits per heavy atom. The van der Waals surface area contributed by atoms with E-state index in [0.717, 1.165) is 12.8 Å². The van der Waals surface area contributed by atoms with Crippen LogP contribution < -0.4 is 0 Å². The summed E-state index contributed by atoms with van der Waals surface area (Å²) in [6, 6.07) is 0. The molecule has 0 saturated heterocycles. The molecule has 1 atom stereocenters. The number of rotatable bonds is 13. The van der Waals surface area contributed by atoms with Gasteiger partial charge < -0.3 is 4.74 Å². The zero-order chi connectivity index (χ0) is 14.3. The highest BCUT2D eigenvalue weighted by molar-refractivity contribution is 6.20. The largest absolute Gasteiger partial charge is 0.464 e. The van der Waals surface area contributed by atoms with Crippen molar-refractivity contribution in [2.24, 2.45) is 0 Å². The lowest BCUT2D eigenvalue weighted by Gasteiger charge is -2.09. The van der Waals surface area contributed by atoms with Crippen LogP contribution in [0.15, 0.2) is 0 Å². The average molecular weight is 291 g/mol. The third kappa shape index (κ3) is 15.7. The summed E-state index contributed by atoms with van der Waals surface area (Å²) < 4.78 is 4.88. The minimum Gasteiger partial charge on any atom is -0.464 e. The van der Waals surface area contributed by atoms with Crippen molar-refractivity contribution in [2.45, 2.75) is 89.9 Å². The van der Waals surface area contributed by atoms with E-state index < -0.39 is 0 Å². The van der Waals surface area contributed by atoms with Gasteiger partial charge in [-0.3, -0.25) is 4.79 Å². The van der Waals surface area contributed by atoms with Gasteiger partial charge in [-0.2, -0.15) is 0 Å². The van der Waals surface area contributed by atoms with Gasteiger partial charge in [-0.15, -0.1) is 11.6 Å². The highest BCUT2D eigenvalue weighted by atomic mass is 35.5. The van der Waals surface area contributed by atoms with Crippen molar-refractivity contribution >= 4 is 17.6 Å². The third-order valence-electron chi connectivity index (χ3n) is 3.34. The molecule has 0 N–H and O–H groups in total. The van der Waals surface area contributed by atoms with Crippen LogP contribution in [0.4, 0.5) is 0 Å². The second-order valence-corrected chi connectivity index (χ2v) is 5.99. The quantitative estimate of drug-likeness (QED) is 0.255. The van der Waals surface area contributed by atoms with Gasteiger partial charge in [0.1, 0.15) is 6.61 Å². The highest BCUT2D eigenvalue weighted by Crippen LogP contribution is 2.13. The Morgan fingerprint density at radius 3 is 1.89 bits per heavy atom. The minimum absolute atomic E-state index is 0.0158. The molecule has 0 aliphatic rings. The Labute approximate surface area is 124 Å². The molecule has 0 saturated carbocycles. The van der Waals surface area contributed by atoms with Crippen LogP contribution in [0.25, 0.3) is 0 Å². The average Bonchev–Trinajstić information content (AvgIpc) is 2.38. The lowest BCUT2D eigenvalue weighted by Crippen LogP contribution is -2.11. The molecule has 0 fully saturated rings. The number of ether oxygens (including phenoxy) is 1. The van der Waals surface area contributed by atoms with Crippen molar-refractivity contribution in [3.8, 4) is 0 Å². The van der Waals surface area contributed by atoms with Crippen LogP contribution in [0.5, 0.6) is 0 Å². The van der Waals surface area contributed by atoms with E-state index in [4.69, 9.17) is 16.3 Å². The number of hydrogen-bond acceptors (Lipinski definition) is 2. The number of alkyl halides is 1. The monoisotopic (exact) mass is 290 g/mol. The number of esters is 1. The number of hydrogen-bond donors (Lipinski definition) is 0. The maximum atomic E-state index is 10.6. The van der Waals surface area contributed by atoms with Gasteiger partial charge in [-0.05, 0) is 6.42 Å². The van der Waals surface area contributed by atoms with Crippen LogP contribution in [0.2, 0.25) is 0 Å². The molecule has 0 aliphatic carbocycles. The van der Waals surface area contributed by atoms with Crippen molar-refractivity contribution in [2.75, 3.05) is 6.61 Å². The van der Waals surface area contributed by atoms with Gasteiger partial charge >= 0.3 is 5.97 Å². The fourth-order valence-corrected chi connectivity index (χ4v) is 2.36. The topological polar surface area (TPSA) is 26.3 Å². The maximum Gasteiger partial charge on any atom is 0.302 e. The Morgan fingerprint density at radius 1 is 0.947 bits per heavy atom. The van der Waals surface area contributed by atoms with Gasteiger partial charge in [-0.1, -0.05) is 71.1 Å². The Hall–Kier alpha value is -0.240. The molecule has 0 aromatic heterocycles. The van der Waals surface area contributed by atoms with Crippen LogP contribution >= 0.6 is 11.6 Å². The van der Waals surface area contributed by atoms with Crippen LogP contribution in [-0.2, 0) is 9.53 Å². The molecule has 114 valence electrons. The first kappa shape index (κ1) is 18.8. The lowest BCUT2D eigenvalue weighted by atomic mass is 10.1. The minimum atomic E-state index is -0.242. The third-order valence-corrected chi connectivity index (χ3v) is 3.68. The van der Waals surface area contributed by atoms with Gasteiger partial charge in [0.05, 0.1) is 5.38 Å². The van der Waals surface area contributed by atoms with Gasteiger partial charge in [-0.25, -0.2) is 0 Å². The molecule has 3 heteroatoms. The molecule has 1 unspecified atom stereocenters. The second kappa shape index (κ2) is 14.2. The van der Waals surface area contributed by atoms with Gasteiger partial charge in [0.15, 0.2) is 0 Å². The summed E-state index contributed by atoms with van der Waals surface area (Å²) in [6.45, 7) is 4.03. The predicted octanol–water partition coefficient (Wildman–Crippen LogP) is 5.47. The van der Waals surface area contributed by atoms with Crippen LogP contribution in [0, 0.1) is 0 Å². The Bertz CT molecular complexity index is 207. The molecule has 0 aromatic rings. The Balaban J connectivity index is 3.11. The van der Waals surface area contributed by atoms with Gasteiger partial charge in [0, 0.05) is 6.92 Å². The van der Waals surface area contributed by atoms with E-state index in [0.29, 0.717) is 6.61 Å². The smallest absolute Gasteiger partial charge is 0.302 e. The molecule has 0 radical (unpaired) electrons. The molecule has 0 rings (SSSR count). The highest BCUT2D eigenvalue weighted by Gasteiger charge is 2.05. The molecular weight excluding hydrogens is 260 g/mol. The summed E-state index contributed by atoms with van der Waals surface area (Å²) >= 11 is 6.06. The van der Waals surface area contributed by atoms with Gasteiger partial charge in [0.25, 0.3) is 0 Å². The fraction of sp³-hybridized carbons (Fsp3) is 0.938. The zero-order valence-corrected chi connectivity index (χ0v) is 13.5. The number of halogens is 1. The maximum absolute atomic E-state index is 10.6. The van der Waals surface area contributed by atoms with Crippen molar-refractivity contribution in [1.82, 2.24) is 0 Å². The first-order chi connectivity index (χ1) is 9.16. The molecule has 19 heavy (non-hydrogen) atoms. The summed E-state index contributed by atoms with van der Waals surface area (Å²) in [7, 11) is 0. The molecular formula is C16H31ClO2. The normalized spacial score (nSPS) is 12.4. The van der Waals surface area contributed by atoms with Crippen LogP contribution in [-0.4, -0.2) is 18.0 Å². The first-order valence-electron chi connectivity index (χ1n) is 7.94. The molecule has 0 spiro atoms. The second-order valence-electron chi connectivity index (χ2n) is 5.37.